The minimum Gasteiger partial charge on any atom is -0.456 e. The van der Waals surface area contributed by atoms with Crippen LogP contribution in [-0.2, 0) is 0 Å². The van der Waals surface area contributed by atoms with Crippen LogP contribution in [0.15, 0.2) is 192 Å². The third-order valence-electron chi connectivity index (χ3n) is 10.6. The van der Waals surface area contributed by atoms with Gasteiger partial charge in [-0.25, -0.2) is 9.97 Å². The number of imidazole rings is 1. The zero-order valence-electron chi connectivity index (χ0n) is 29.1. The molecule has 0 aliphatic heterocycles. The van der Waals surface area contributed by atoms with Gasteiger partial charge in [0.25, 0.3) is 0 Å². The molecule has 0 unspecified atom stereocenters. The summed E-state index contributed by atoms with van der Waals surface area (Å²) in [6.07, 6.45) is 0. The maximum Gasteiger partial charge on any atom is 0.145 e. The number of para-hydroxylation sites is 4. The Kier molecular flexibility index (Phi) is 6.82. The van der Waals surface area contributed by atoms with E-state index in [1.54, 1.807) is 0 Å². The van der Waals surface area contributed by atoms with E-state index in [0.717, 1.165) is 94.3 Å². The van der Waals surface area contributed by atoms with E-state index in [0.29, 0.717) is 0 Å². The lowest BCUT2D eigenvalue weighted by Crippen LogP contribution is -1.97. The number of nitrogens with zero attached hydrogens (tertiary/aromatic N) is 3. The number of aromatic nitrogens is 3. The van der Waals surface area contributed by atoms with Crippen LogP contribution in [-0.4, -0.2) is 14.5 Å². The molecule has 0 N–H and O–H groups in total. The molecule has 0 radical (unpaired) electrons. The number of hydrogen-bond donors (Lipinski definition) is 0. The van der Waals surface area contributed by atoms with Crippen molar-refractivity contribution < 1.29 is 4.42 Å². The van der Waals surface area contributed by atoms with E-state index in [-0.39, 0.29) is 0 Å². The third kappa shape index (κ3) is 4.78. The molecule has 0 amide bonds. The van der Waals surface area contributed by atoms with Crippen molar-refractivity contribution in [2.75, 3.05) is 0 Å². The molecule has 0 saturated carbocycles. The van der Waals surface area contributed by atoms with Crippen molar-refractivity contribution >= 4 is 54.6 Å². The standard InChI is InChI=1S/C50H31N3O/c1-3-14-33(15-4-1)46-47-38-20-7-9-22-41(38)51-49(40(47)31-45-48(46)39-21-8-12-25-44(39)54-45)36-19-13-18-35(30-36)32-26-28-37(29-27-32)53-43-24-11-10-23-42(43)52-50(53)34-16-5-2-6-17-34/h1-31H. The third-order valence-corrected chi connectivity index (χ3v) is 10.6. The van der Waals surface area contributed by atoms with Crippen molar-refractivity contribution in [3.63, 3.8) is 0 Å². The number of rotatable bonds is 5. The lowest BCUT2D eigenvalue weighted by molar-refractivity contribution is 0.669. The molecule has 4 nitrogen and oxygen atoms in total. The van der Waals surface area contributed by atoms with Gasteiger partial charge >= 0.3 is 0 Å². The Labute approximate surface area is 311 Å². The van der Waals surface area contributed by atoms with E-state index in [4.69, 9.17) is 14.4 Å². The zero-order chi connectivity index (χ0) is 35.6. The molecule has 252 valence electrons. The van der Waals surface area contributed by atoms with Crippen LogP contribution in [0.2, 0.25) is 0 Å². The first-order chi connectivity index (χ1) is 26.8. The molecule has 0 fully saturated rings. The average Bonchev–Trinajstić information content (AvgIpc) is 3.82. The second-order valence-corrected chi connectivity index (χ2v) is 13.7. The largest absolute Gasteiger partial charge is 0.456 e. The fourth-order valence-corrected chi connectivity index (χ4v) is 8.15. The van der Waals surface area contributed by atoms with E-state index in [1.165, 1.54) is 10.9 Å². The summed E-state index contributed by atoms with van der Waals surface area (Å²) in [6, 6.07) is 66.0. The zero-order valence-corrected chi connectivity index (χ0v) is 29.1. The summed E-state index contributed by atoms with van der Waals surface area (Å²) in [6.45, 7) is 0. The van der Waals surface area contributed by atoms with E-state index >= 15 is 0 Å². The highest BCUT2D eigenvalue weighted by Gasteiger charge is 2.22. The van der Waals surface area contributed by atoms with Gasteiger partial charge in [-0.1, -0.05) is 140 Å². The first kappa shape index (κ1) is 30.3. The van der Waals surface area contributed by atoms with Gasteiger partial charge in [0.15, 0.2) is 0 Å². The van der Waals surface area contributed by atoms with Gasteiger partial charge in [0, 0.05) is 49.3 Å². The van der Waals surface area contributed by atoms with Gasteiger partial charge in [0.2, 0.25) is 0 Å². The number of benzene rings is 8. The topological polar surface area (TPSA) is 43.9 Å². The Morgan fingerprint density at radius 2 is 1.04 bits per heavy atom. The van der Waals surface area contributed by atoms with E-state index in [2.05, 4.69) is 174 Å². The molecular formula is C50H31N3O. The van der Waals surface area contributed by atoms with Crippen LogP contribution in [0, 0.1) is 0 Å². The lowest BCUT2D eigenvalue weighted by Gasteiger charge is -2.16. The highest BCUT2D eigenvalue weighted by atomic mass is 16.3. The summed E-state index contributed by atoms with van der Waals surface area (Å²) in [4.78, 5) is 10.4. The molecule has 3 heterocycles. The SMILES string of the molecule is c1ccc(-c2c3c(cc4c(-c5cccc(-c6ccc(-n7c(-c8ccccc8)nc8ccccc87)cc6)c5)nc5ccccc5c24)oc2ccccc23)cc1. The molecule has 54 heavy (non-hydrogen) atoms. The van der Waals surface area contributed by atoms with Crippen LogP contribution >= 0.6 is 0 Å². The molecule has 4 heteroatoms. The van der Waals surface area contributed by atoms with Crippen LogP contribution in [0.5, 0.6) is 0 Å². The molecule has 0 spiro atoms. The first-order valence-corrected chi connectivity index (χ1v) is 18.2. The van der Waals surface area contributed by atoms with Crippen LogP contribution in [0.25, 0.3) is 105 Å². The van der Waals surface area contributed by atoms with Gasteiger partial charge in [0.05, 0.1) is 22.2 Å². The molecule has 0 aliphatic rings. The molecule has 3 aromatic heterocycles. The van der Waals surface area contributed by atoms with Crippen molar-refractivity contribution in [3.8, 4) is 50.6 Å². The van der Waals surface area contributed by atoms with Crippen molar-refractivity contribution in [3.05, 3.63) is 188 Å². The van der Waals surface area contributed by atoms with E-state index in [1.807, 2.05) is 18.2 Å². The maximum atomic E-state index is 6.59. The number of hydrogen-bond acceptors (Lipinski definition) is 3. The first-order valence-electron chi connectivity index (χ1n) is 18.2. The van der Waals surface area contributed by atoms with Gasteiger partial charge < -0.3 is 4.42 Å². The highest BCUT2D eigenvalue weighted by Crippen LogP contribution is 2.46. The maximum absolute atomic E-state index is 6.59. The Bertz CT molecular complexity index is 3200. The minimum atomic E-state index is 0.856. The van der Waals surface area contributed by atoms with Crippen LogP contribution in [0.1, 0.15) is 0 Å². The molecule has 0 atom stereocenters. The second-order valence-electron chi connectivity index (χ2n) is 13.7. The molecular weight excluding hydrogens is 659 g/mol. The summed E-state index contributed by atoms with van der Waals surface area (Å²) in [5, 5.41) is 5.60. The molecule has 0 saturated heterocycles. The minimum absolute atomic E-state index is 0.856. The van der Waals surface area contributed by atoms with Gasteiger partial charge in [-0.3, -0.25) is 4.57 Å². The highest BCUT2D eigenvalue weighted by molar-refractivity contribution is 6.27. The predicted octanol–water partition coefficient (Wildman–Crippen LogP) is 13.3. The Hall–Kier alpha value is -7.30. The van der Waals surface area contributed by atoms with Gasteiger partial charge in [0.1, 0.15) is 17.0 Å². The lowest BCUT2D eigenvalue weighted by atomic mass is 9.89. The molecule has 0 aliphatic carbocycles. The number of fused-ring (bicyclic) bond motifs is 7. The summed E-state index contributed by atoms with van der Waals surface area (Å²) in [5.41, 5.74) is 13.4. The number of furan rings is 1. The summed E-state index contributed by atoms with van der Waals surface area (Å²) >= 11 is 0. The fraction of sp³-hybridized carbons (Fsp3) is 0. The second kappa shape index (κ2) is 12.1. The van der Waals surface area contributed by atoms with Crippen LogP contribution in [0.4, 0.5) is 0 Å². The van der Waals surface area contributed by atoms with Gasteiger partial charge in [-0.2, -0.15) is 0 Å². The van der Waals surface area contributed by atoms with Crippen LogP contribution < -0.4 is 0 Å². The van der Waals surface area contributed by atoms with E-state index < -0.39 is 0 Å². The molecule has 8 aromatic carbocycles. The fourth-order valence-electron chi connectivity index (χ4n) is 8.15. The monoisotopic (exact) mass is 689 g/mol. The Morgan fingerprint density at radius 3 is 1.85 bits per heavy atom. The van der Waals surface area contributed by atoms with Crippen molar-refractivity contribution in [1.29, 1.82) is 0 Å². The summed E-state index contributed by atoms with van der Waals surface area (Å²) in [5.74, 6) is 0.925. The smallest absolute Gasteiger partial charge is 0.145 e. The van der Waals surface area contributed by atoms with Crippen molar-refractivity contribution in [1.82, 2.24) is 14.5 Å². The van der Waals surface area contributed by atoms with Gasteiger partial charge in [-0.15, -0.1) is 0 Å². The Balaban J connectivity index is 1.10. The molecule has 0 bridgehead atoms. The molecule has 11 aromatic rings. The quantitative estimate of drug-likeness (QED) is 0.169. The Morgan fingerprint density at radius 1 is 0.389 bits per heavy atom. The normalized spacial score (nSPS) is 11.7. The summed E-state index contributed by atoms with van der Waals surface area (Å²) < 4.78 is 8.84. The van der Waals surface area contributed by atoms with Gasteiger partial charge in [-0.05, 0) is 65.2 Å². The van der Waals surface area contributed by atoms with E-state index in [9.17, 15) is 0 Å². The predicted molar refractivity (Wildman–Crippen MR) is 223 cm³/mol. The molecule has 11 rings (SSSR count). The van der Waals surface area contributed by atoms with Crippen molar-refractivity contribution in [2.45, 2.75) is 0 Å². The van der Waals surface area contributed by atoms with Crippen LogP contribution in [0.3, 0.4) is 0 Å². The van der Waals surface area contributed by atoms with Crippen molar-refractivity contribution in [2.24, 2.45) is 0 Å². The summed E-state index contributed by atoms with van der Waals surface area (Å²) in [7, 11) is 0. The number of pyridine rings is 1. The average molecular weight is 690 g/mol.